The van der Waals surface area contributed by atoms with Gasteiger partial charge in [0.05, 0.1) is 5.56 Å². The van der Waals surface area contributed by atoms with Crippen LogP contribution < -0.4 is 4.74 Å². The summed E-state index contributed by atoms with van der Waals surface area (Å²) in [7, 11) is 0. The van der Waals surface area contributed by atoms with E-state index in [1.807, 2.05) is 61.5 Å². The van der Waals surface area contributed by atoms with Gasteiger partial charge < -0.3 is 4.74 Å². The molecular weight excluding hydrogens is 304 g/mol. The van der Waals surface area contributed by atoms with Crippen molar-refractivity contribution in [2.24, 2.45) is 0 Å². The Bertz CT molecular complexity index is 778. The van der Waals surface area contributed by atoms with Crippen LogP contribution in [-0.2, 0) is 0 Å². The Morgan fingerprint density at radius 1 is 0.783 bits per heavy atom. The van der Waals surface area contributed by atoms with E-state index in [-0.39, 0.29) is 5.97 Å². The second-order valence-corrected chi connectivity index (χ2v) is 6.29. The van der Waals surface area contributed by atoms with Crippen molar-refractivity contribution in [2.45, 2.75) is 16.7 Å². The van der Waals surface area contributed by atoms with Crippen molar-refractivity contribution < 1.29 is 9.53 Å². The van der Waals surface area contributed by atoms with Gasteiger partial charge in [0.2, 0.25) is 0 Å². The van der Waals surface area contributed by atoms with Gasteiger partial charge in [0, 0.05) is 9.79 Å². The summed E-state index contributed by atoms with van der Waals surface area (Å²) in [5.41, 5.74) is 1.67. The minimum atomic E-state index is -0.339. The normalized spacial score (nSPS) is 10.3. The lowest BCUT2D eigenvalue weighted by atomic mass is 10.1. The van der Waals surface area contributed by atoms with Gasteiger partial charge in [-0.25, -0.2) is 4.79 Å². The molecule has 0 aromatic heterocycles. The average molecular weight is 320 g/mol. The molecule has 0 fully saturated rings. The molecule has 0 aliphatic heterocycles. The first-order valence-electron chi connectivity index (χ1n) is 7.32. The third-order valence-corrected chi connectivity index (χ3v) is 4.32. The fourth-order valence-electron chi connectivity index (χ4n) is 2.06. The zero-order valence-electron chi connectivity index (χ0n) is 12.7. The summed E-state index contributed by atoms with van der Waals surface area (Å²) >= 11 is 1.67. The first-order valence-corrected chi connectivity index (χ1v) is 8.14. The Morgan fingerprint density at radius 3 is 2.04 bits per heavy atom. The minimum Gasteiger partial charge on any atom is -0.423 e. The van der Waals surface area contributed by atoms with Crippen LogP contribution in [0.15, 0.2) is 88.7 Å². The maximum Gasteiger partial charge on any atom is 0.343 e. The number of carbonyl (C=O) groups is 1. The number of carbonyl (C=O) groups excluding carboxylic acids is 1. The summed E-state index contributed by atoms with van der Waals surface area (Å²) in [5, 5.41) is 0. The van der Waals surface area contributed by atoms with Crippen LogP contribution >= 0.6 is 11.8 Å². The quantitative estimate of drug-likeness (QED) is 0.478. The van der Waals surface area contributed by atoms with Gasteiger partial charge in [0.25, 0.3) is 0 Å². The minimum absolute atomic E-state index is 0.339. The molecule has 114 valence electrons. The molecule has 0 atom stereocenters. The molecule has 0 aliphatic carbocycles. The molecule has 0 saturated carbocycles. The lowest BCUT2D eigenvalue weighted by Gasteiger charge is -2.06. The first kappa shape index (κ1) is 15.4. The van der Waals surface area contributed by atoms with Crippen LogP contribution in [0.3, 0.4) is 0 Å². The van der Waals surface area contributed by atoms with E-state index < -0.39 is 0 Å². The molecule has 0 saturated heterocycles. The van der Waals surface area contributed by atoms with Crippen molar-refractivity contribution in [3.05, 3.63) is 90.0 Å². The number of hydrogen-bond donors (Lipinski definition) is 0. The average Bonchev–Trinajstić information content (AvgIpc) is 2.58. The lowest BCUT2D eigenvalue weighted by molar-refractivity contribution is 0.0734. The number of hydrogen-bond acceptors (Lipinski definition) is 3. The zero-order valence-corrected chi connectivity index (χ0v) is 13.5. The molecule has 3 heteroatoms. The summed E-state index contributed by atoms with van der Waals surface area (Å²) in [4.78, 5) is 14.4. The fourth-order valence-corrected chi connectivity index (χ4v) is 2.89. The lowest BCUT2D eigenvalue weighted by Crippen LogP contribution is -2.08. The molecule has 3 rings (SSSR count). The molecule has 0 amide bonds. The molecule has 3 aromatic carbocycles. The van der Waals surface area contributed by atoms with Crippen LogP contribution in [0.25, 0.3) is 0 Å². The van der Waals surface area contributed by atoms with Crippen LogP contribution in [0.5, 0.6) is 5.75 Å². The van der Waals surface area contributed by atoms with Crippen molar-refractivity contribution in [1.82, 2.24) is 0 Å². The van der Waals surface area contributed by atoms with Crippen LogP contribution in [0.1, 0.15) is 15.9 Å². The Hall–Kier alpha value is -2.52. The summed E-state index contributed by atoms with van der Waals surface area (Å²) in [6.45, 7) is 1.98. The summed E-state index contributed by atoms with van der Waals surface area (Å²) in [5.74, 6) is 0.210. The summed E-state index contributed by atoms with van der Waals surface area (Å²) < 4.78 is 5.40. The maximum absolute atomic E-state index is 12.1. The maximum atomic E-state index is 12.1. The van der Waals surface area contributed by atoms with Gasteiger partial charge in [-0.2, -0.15) is 0 Å². The SMILES string of the molecule is Cc1ccc(C(=O)Oc2ccc(Sc3ccccc3)cc2)cc1. The van der Waals surface area contributed by atoms with Crippen LogP contribution in [0.2, 0.25) is 0 Å². The Morgan fingerprint density at radius 2 is 1.39 bits per heavy atom. The highest BCUT2D eigenvalue weighted by molar-refractivity contribution is 7.99. The Kier molecular flexibility index (Phi) is 4.79. The molecule has 23 heavy (non-hydrogen) atoms. The summed E-state index contributed by atoms with van der Waals surface area (Å²) in [6, 6.07) is 25.0. The van der Waals surface area contributed by atoms with Crippen molar-refractivity contribution in [1.29, 1.82) is 0 Å². The number of benzene rings is 3. The predicted octanol–water partition coefficient (Wildman–Crippen LogP) is 5.37. The van der Waals surface area contributed by atoms with Crippen LogP contribution in [0.4, 0.5) is 0 Å². The zero-order chi connectivity index (χ0) is 16.1. The number of ether oxygens (including phenoxy) is 1. The smallest absolute Gasteiger partial charge is 0.343 e. The molecule has 0 heterocycles. The largest absolute Gasteiger partial charge is 0.423 e. The van der Waals surface area contributed by atoms with Gasteiger partial charge in [0.15, 0.2) is 0 Å². The molecule has 2 nitrogen and oxygen atoms in total. The molecule has 0 unspecified atom stereocenters. The standard InChI is InChI=1S/C20H16O2S/c1-15-7-9-16(10-8-15)20(21)22-17-11-13-19(14-12-17)23-18-5-3-2-4-6-18/h2-14H,1H3. The molecule has 0 radical (unpaired) electrons. The van der Waals surface area contributed by atoms with Gasteiger partial charge >= 0.3 is 5.97 Å². The highest BCUT2D eigenvalue weighted by Crippen LogP contribution is 2.28. The highest BCUT2D eigenvalue weighted by atomic mass is 32.2. The molecule has 0 spiro atoms. The van der Waals surface area contributed by atoms with Gasteiger partial charge in [-0.3, -0.25) is 0 Å². The molecule has 0 aliphatic rings. The van der Waals surface area contributed by atoms with Gasteiger partial charge in [-0.1, -0.05) is 47.7 Å². The van der Waals surface area contributed by atoms with E-state index in [1.54, 1.807) is 23.9 Å². The van der Waals surface area contributed by atoms with E-state index in [9.17, 15) is 4.79 Å². The van der Waals surface area contributed by atoms with E-state index in [1.165, 1.54) is 4.90 Å². The van der Waals surface area contributed by atoms with Crippen molar-refractivity contribution in [2.75, 3.05) is 0 Å². The molecule has 3 aromatic rings. The molecule has 0 N–H and O–H groups in total. The first-order chi connectivity index (χ1) is 11.2. The highest BCUT2D eigenvalue weighted by Gasteiger charge is 2.08. The van der Waals surface area contributed by atoms with E-state index in [4.69, 9.17) is 4.74 Å². The van der Waals surface area contributed by atoms with Crippen LogP contribution in [0, 0.1) is 6.92 Å². The van der Waals surface area contributed by atoms with E-state index in [0.29, 0.717) is 11.3 Å². The molecular formula is C20H16O2S. The third-order valence-electron chi connectivity index (χ3n) is 3.30. The van der Waals surface area contributed by atoms with Crippen molar-refractivity contribution >= 4 is 17.7 Å². The number of aryl methyl sites for hydroxylation is 1. The number of esters is 1. The second kappa shape index (κ2) is 7.16. The number of rotatable bonds is 4. The monoisotopic (exact) mass is 320 g/mol. The van der Waals surface area contributed by atoms with Gasteiger partial charge in [-0.05, 0) is 55.5 Å². The summed E-state index contributed by atoms with van der Waals surface area (Å²) in [6.07, 6.45) is 0. The fraction of sp³-hybridized carbons (Fsp3) is 0.0500. The van der Waals surface area contributed by atoms with Crippen molar-refractivity contribution in [3.8, 4) is 5.75 Å². The van der Waals surface area contributed by atoms with E-state index >= 15 is 0 Å². The molecule has 0 bridgehead atoms. The second-order valence-electron chi connectivity index (χ2n) is 5.14. The van der Waals surface area contributed by atoms with Crippen LogP contribution in [-0.4, -0.2) is 5.97 Å². The van der Waals surface area contributed by atoms with Gasteiger partial charge in [0.1, 0.15) is 5.75 Å². The Balaban J connectivity index is 1.65. The topological polar surface area (TPSA) is 26.3 Å². The Labute approximate surface area is 140 Å². The van der Waals surface area contributed by atoms with Crippen molar-refractivity contribution in [3.63, 3.8) is 0 Å². The van der Waals surface area contributed by atoms with Gasteiger partial charge in [-0.15, -0.1) is 0 Å². The van der Waals surface area contributed by atoms with E-state index in [0.717, 1.165) is 10.5 Å². The predicted molar refractivity (Wildman–Crippen MR) is 93.1 cm³/mol. The van der Waals surface area contributed by atoms with E-state index in [2.05, 4.69) is 12.1 Å². The third kappa shape index (κ3) is 4.24.